The van der Waals surface area contributed by atoms with Gasteiger partial charge in [-0.15, -0.1) is 35.3 Å². The van der Waals surface area contributed by atoms with Gasteiger partial charge in [-0.25, -0.2) is 0 Å². The minimum Gasteiger partial charge on any atom is -0.376 e. The molecule has 7 heteroatoms. The highest BCUT2D eigenvalue weighted by Crippen LogP contribution is 2.27. The van der Waals surface area contributed by atoms with E-state index in [0.717, 1.165) is 32.7 Å². The van der Waals surface area contributed by atoms with Crippen molar-refractivity contribution >= 4 is 41.3 Å². The summed E-state index contributed by atoms with van der Waals surface area (Å²) in [4.78, 5) is 8.32. The van der Waals surface area contributed by atoms with E-state index in [1.165, 1.54) is 4.88 Å². The van der Waals surface area contributed by atoms with Crippen LogP contribution in [0, 0.1) is 0 Å². The van der Waals surface area contributed by atoms with Crippen molar-refractivity contribution in [2.45, 2.75) is 32.4 Å². The van der Waals surface area contributed by atoms with Crippen LogP contribution >= 0.6 is 35.3 Å². The molecule has 5 nitrogen and oxygen atoms in total. The first-order valence-electron chi connectivity index (χ1n) is 7.63. The number of thiophene rings is 1. The van der Waals surface area contributed by atoms with Crippen molar-refractivity contribution in [3.8, 4) is 0 Å². The molecule has 2 unspecified atom stereocenters. The van der Waals surface area contributed by atoms with E-state index in [9.17, 15) is 0 Å². The lowest BCUT2D eigenvalue weighted by Gasteiger charge is -2.36. The highest BCUT2D eigenvalue weighted by molar-refractivity contribution is 14.0. The van der Waals surface area contributed by atoms with Gasteiger partial charge in [0.2, 0.25) is 0 Å². The number of nitrogens with two attached hydrogens (primary N) is 1. The molecule has 1 fully saturated rings. The van der Waals surface area contributed by atoms with Crippen LogP contribution in [0.5, 0.6) is 0 Å². The largest absolute Gasteiger partial charge is 0.376 e. The van der Waals surface area contributed by atoms with Gasteiger partial charge in [0.25, 0.3) is 0 Å². The normalized spacial score (nSPS) is 21.2. The van der Waals surface area contributed by atoms with Crippen molar-refractivity contribution in [1.29, 1.82) is 0 Å². The summed E-state index contributed by atoms with van der Waals surface area (Å²) in [7, 11) is 0. The zero-order chi connectivity index (χ0) is 15.1. The number of hydrogen-bond donors (Lipinski definition) is 2. The lowest BCUT2D eigenvalue weighted by atomic mass is 10.1. The number of hydrogen-bond acceptors (Lipinski definition) is 4. The van der Waals surface area contributed by atoms with Crippen molar-refractivity contribution in [2.75, 3.05) is 32.8 Å². The van der Waals surface area contributed by atoms with Crippen LogP contribution < -0.4 is 11.1 Å². The number of rotatable bonds is 6. The summed E-state index contributed by atoms with van der Waals surface area (Å²) in [5.41, 5.74) is 5.92. The van der Waals surface area contributed by atoms with Crippen LogP contribution in [-0.4, -0.2) is 49.7 Å². The van der Waals surface area contributed by atoms with Gasteiger partial charge in [-0.05, 0) is 24.8 Å². The van der Waals surface area contributed by atoms with Crippen LogP contribution in [0.25, 0.3) is 0 Å². The van der Waals surface area contributed by atoms with Crippen molar-refractivity contribution in [3.05, 3.63) is 22.4 Å². The van der Waals surface area contributed by atoms with Gasteiger partial charge in [-0.3, -0.25) is 9.89 Å². The molecule has 1 aliphatic rings. The van der Waals surface area contributed by atoms with Gasteiger partial charge in [0.15, 0.2) is 5.96 Å². The average Bonchev–Trinajstić information content (AvgIpc) is 2.99. The first kappa shape index (κ1) is 19.7. The summed E-state index contributed by atoms with van der Waals surface area (Å²) >= 11 is 1.78. The van der Waals surface area contributed by atoms with Crippen LogP contribution in [0.2, 0.25) is 0 Å². The third kappa shape index (κ3) is 6.02. The Morgan fingerprint density at radius 3 is 3.09 bits per heavy atom. The lowest BCUT2D eigenvalue weighted by molar-refractivity contribution is -0.0327. The molecule has 0 aliphatic carbocycles. The van der Waals surface area contributed by atoms with Gasteiger partial charge in [-0.1, -0.05) is 13.0 Å². The van der Waals surface area contributed by atoms with E-state index >= 15 is 0 Å². The second kappa shape index (κ2) is 10.4. The summed E-state index contributed by atoms with van der Waals surface area (Å²) in [6.07, 6.45) is 1.33. The zero-order valence-electron chi connectivity index (χ0n) is 13.3. The van der Waals surface area contributed by atoms with Gasteiger partial charge in [0.1, 0.15) is 0 Å². The fraction of sp³-hybridized carbons (Fsp3) is 0.667. The average molecular weight is 438 g/mol. The molecule has 2 heterocycles. The Morgan fingerprint density at radius 1 is 1.64 bits per heavy atom. The van der Waals surface area contributed by atoms with Crippen molar-refractivity contribution in [1.82, 2.24) is 10.2 Å². The number of ether oxygens (including phenoxy) is 1. The molecule has 1 aliphatic heterocycles. The number of guanidine groups is 1. The predicted octanol–water partition coefficient (Wildman–Crippen LogP) is 2.44. The third-order valence-electron chi connectivity index (χ3n) is 3.58. The van der Waals surface area contributed by atoms with Crippen molar-refractivity contribution in [3.63, 3.8) is 0 Å². The molecular formula is C15H27IN4OS. The van der Waals surface area contributed by atoms with Crippen molar-refractivity contribution < 1.29 is 4.74 Å². The Kier molecular flexibility index (Phi) is 9.30. The Bertz CT molecular complexity index is 441. The summed E-state index contributed by atoms with van der Waals surface area (Å²) in [5.74, 6) is 0.541. The van der Waals surface area contributed by atoms with Gasteiger partial charge in [-0.2, -0.15) is 0 Å². The Balaban J connectivity index is 0.00000242. The minimum absolute atomic E-state index is 0. The maximum atomic E-state index is 5.92. The van der Waals surface area contributed by atoms with Gasteiger partial charge < -0.3 is 15.8 Å². The zero-order valence-corrected chi connectivity index (χ0v) is 16.5. The Labute approximate surface area is 154 Å². The van der Waals surface area contributed by atoms with Gasteiger partial charge >= 0.3 is 0 Å². The van der Waals surface area contributed by atoms with Crippen LogP contribution in [0.4, 0.5) is 0 Å². The third-order valence-corrected chi connectivity index (χ3v) is 4.55. The van der Waals surface area contributed by atoms with E-state index < -0.39 is 0 Å². The van der Waals surface area contributed by atoms with Crippen LogP contribution in [-0.2, 0) is 4.74 Å². The lowest BCUT2D eigenvalue weighted by Crippen LogP contribution is -2.44. The molecule has 0 aromatic carbocycles. The first-order valence-corrected chi connectivity index (χ1v) is 8.51. The van der Waals surface area contributed by atoms with E-state index in [1.54, 1.807) is 11.3 Å². The molecule has 0 saturated carbocycles. The number of halogens is 1. The summed E-state index contributed by atoms with van der Waals surface area (Å²) < 4.78 is 5.64. The highest BCUT2D eigenvalue weighted by Gasteiger charge is 2.26. The second-order valence-corrected chi connectivity index (χ2v) is 6.34. The van der Waals surface area contributed by atoms with Crippen LogP contribution in [0.1, 0.15) is 31.2 Å². The van der Waals surface area contributed by atoms with Gasteiger partial charge in [0.05, 0.1) is 25.3 Å². The molecule has 3 N–H and O–H groups in total. The van der Waals surface area contributed by atoms with Crippen LogP contribution in [0.15, 0.2) is 22.5 Å². The quantitative estimate of drug-likeness (QED) is 0.407. The molecule has 1 aromatic rings. The van der Waals surface area contributed by atoms with Gasteiger partial charge in [0, 0.05) is 24.5 Å². The number of morpholine rings is 1. The fourth-order valence-corrected chi connectivity index (χ4v) is 3.34. The molecular weight excluding hydrogens is 411 g/mol. The number of aliphatic imine (C=N–C) groups is 1. The number of nitrogens with one attached hydrogen (secondary N) is 1. The summed E-state index contributed by atoms with van der Waals surface area (Å²) in [6, 6.07) is 4.57. The minimum atomic E-state index is 0. The highest BCUT2D eigenvalue weighted by atomic mass is 127. The summed E-state index contributed by atoms with van der Waals surface area (Å²) in [6.45, 7) is 8.48. The molecule has 1 aromatic heterocycles. The van der Waals surface area contributed by atoms with Crippen molar-refractivity contribution in [2.24, 2.45) is 10.7 Å². The fourth-order valence-electron chi connectivity index (χ4n) is 2.49. The molecule has 0 amide bonds. The molecule has 0 radical (unpaired) electrons. The molecule has 2 rings (SSSR count). The maximum absolute atomic E-state index is 5.92. The monoisotopic (exact) mass is 438 g/mol. The van der Waals surface area contributed by atoms with E-state index in [0.29, 0.717) is 18.5 Å². The standard InChI is InChI=1S/C15H26N4OS.HI/c1-3-6-17-15(16)18-10-13(14-5-4-9-21-14)19-7-8-20-12(2)11-19;/h4-5,9,12-13H,3,6-8,10-11H2,1-2H3,(H3,16,17,18);1H. The second-order valence-electron chi connectivity index (χ2n) is 5.36. The predicted molar refractivity (Wildman–Crippen MR) is 104 cm³/mol. The number of nitrogens with zero attached hydrogens (tertiary/aromatic N) is 2. The Hall–Kier alpha value is -0.380. The molecule has 2 atom stereocenters. The molecule has 22 heavy (non-hydrogen) atoms. The van der Waals surface area contributed by atoms with E-state index in [-0.39, 0.29) is 30.1 Å². The first-order chi connectivity index (χ1) is 10.2. The van der Waals surface area contributed by atoms with Crippen LogP contribution in [0.3, 0.4) is 0 Å². The topological polar surface area (TPSA) is 62.9 Å². The van der Waals surface area contributed by atoms with E-state index in [1.807, 2.05) is 0 Å². The maximum Gasteiger partial charge on any atom is 0.188 e. The Morgan fingerprint density at radius 2 is 2.45 bits per heavy atom. The van der Waals surface area contributed by atoms with E-state index in [2.05, 4.69) is 46.6 Å². The summed E-state index contributed by atoms with van der Waals surface area (Å²) in [5, 5.41) is 5.25. The smallest absolute Gasteiger partial charge is 0.188 e. The molecule has 1 saturated heterocycles. The SMILES string of the molecule is CCCNC(N)=NCC(c1cccs1)N1CCOC(C)C1.I. The van der Waals surface area contributed by atoms with E-state index in [4.69, 9.17) is 10.5 Å². The molecule has 126 valence electrons. The molecule has 0 spiro atoms. The molecule has 0 bridgehead atoms.